The van der Waals surface area contributed by atoms with Gasteiger partial charge in [0.25, 0.3) is 0 Å². The molecule has 3 rings (SSSR count). The third-order valence-corrected chi connectivity index (χ3v) is 5.44. The zero-order chi connectivity index (χ0) is 14.5. The lowest BCUT2D eigenvalue weighted by Gasteiger charge is -2.50. The van der Waals surface area contributed by atoms with E-state index in [2.05, 4.69) is 48.6 Å². The van der Waals surface area contributed by atoms with Crippen LogP contribution >= 0.6 is 0 Å². The first-order chi connectivity index (χ1) is 10.4. The summed E-state index contributed by atoms with van der Waals surface area (Å²) in [5, 5.41) is 3.91. The summed E-state index contributed by atoms with van der Waals surface area (Å²) in [6.07, 6.45) is 13.2. The van der Waals surface area contributed by atoms with Crippen molar-refractivity contribution < 1.29 is 0 Å². The highest BCUT2D eigenvalue weighted by atomic mass is 14.9. The number of allylic oxidation sites excluding steroid dienone is 1. The van der Waals surface area contributed by atoms with Crippen LogP contribution in [0.5, 0.6) is 0 Å². The molecule has 1 heteroatoms. The third-order valence-electron chi connectivity index (χ3n) is 5.44. The molecule has 0 bridgehead atoms. The van der Waals surface area contributed by atoms with Crippen LogP contribution in [0.25, 0.3) is 0 Å². The molecule has 1 aromatic rings. The summed E-state index contributed by atoms with van der Waals surface area (Å²) in [7, 11) is 0. The second kappa shape index (κ2) is 6.79. The highest BCUT2D eigenvalue weighted by Gasteiger charge is 2.46. The van der Waals surface area contributed by atoms with Crippen LogP contribution in [0.2, 0.25) is 0 Å². The van der Waals surface area contributed by atoms with E-state index >= 15 is 0 Å². The molecule has 1 nitrogen and oxygen atoms in total. The fraction of sp³-hybridized carbons (Fsp3) is 0.600. The van der Waals surface area contributed by atoms with Gasteiger partial charge in [-0.2, -0.15) is 0 Å². The van der Waals surface area contributed by atoms with Gasteiger partial charge < -0.3 is 5.32 Å². The van der Waals surface area contributed by atoms with Crippen LogP contribution < -0.4 is 5.32 Å². The minimum absolute atomic E-state index is 0.361. The fourth-order valence-electron chi connectivity index (χ4n) is 4.17. The molecule has 0 radical (unpaired) electrons. The number of rotatable bonds is 6. The summed E-state index contributed by atoms with van der Waals surface area (Å²) >= 11 is 0. The first-order valence-electron chi connectivity index (χ1n) is 8.84. The molecule has 1 saturated carbocycles. The Kier molecular flexibility index (Phi) is 4.80. The Labute approximate surface area is 129 Å². The van der Waals surface area contributed by atoms with Crippen LogP contribution in [0.15, 0.2) is 42.0 Å². The maximum atomic E-state index is 3.91. The molecule has 0 spiro atoms. The van der Waals surface area contributed by atoms with Gasteiger partial charge in [-0.3, -0.25) is 0 Å². The van der Waals surface area contributed by atoms with E-state index in [0.29, 0.717) is 11.5 Å². The Morgan fingerprint density at radius 1 is 1.10 bits per heavy atom. The van der Waals surface area contributed by atoms with Crippen molar-refractivity contribution in [2.75, 3.05) is 6.54 Å². The van der Waals surface area contributed by atoms with Gasteiger partial charge in [-0.15, -0.1) is 0 Å². The Hall–Kier alpha value is -1.08. The predicted molar refractivity (Wildman–Crippen MR) is 90.6 cm³/mol. The molecule has 1 N–H and O–H groups in total. The van der Waals surface area contributed by atoms with Crippen LogP contribution in [0.4, 0.5) is 0 Å². The SMILES string of the molecule is CCCNC(C1=CCCCC1)C1(c2ccccc2)CCC1. The first kappa shape index (κ1) is 14.8. The van der Waals surface area contributed by atoms with Crippen LogP contribution in [0.1, 0.15) is 63.9 Å². The molecule has 0 heterocycles. The quantitative estimate of drug-likeness (QED) is 0.726. The van der Waals surface area contributed by atoms with E-state index in [9.17, 15) is 0 Å². The van der Waals surface area contributed by atoms with Gasteiger partial charge in [0.1, 0.15) is 0 Å². The summed E-state index contributed by atoms with van der Waals surface area (Å²) < 4.78 is 0. The Bertz CT molecular complexity index is 470. The van der Waals surface area contributed by atoms with Gasteiger partial charge in [-0.05, 0) is 57.1 Å². The lowest BCUT2D eigenvalue weighted by Crippen LogP contribution is -2.54. The van der Waals surface area contributed by atoms with Crippen molar-refractivity contribution in [2.45, 2.75) is 69.7 Å². The minimum atomic E-state index is 0.361. The number of nitrogens with one attached hydrogen (secondary N) is 1. The highest BCUT2D eigenvalue weighted by molar-refractivity contribution is 5.36. The topological polar surface area (TPSA) is 12.0 Å². The van der Waals surface area contributed by atoms with E-state index in [4.69, 9.17) is 0 Å². The Morgan fingerprint density at radius 3 is 2.48 bits per heavy atom. The molecule has 0 amide bonds. The normalized spacial score (nSPS) is 22.2. The van der Waals surface area contributed by atoms with Gasteiger partial charge in [-0.1, -0.05) is 55.3 Å². The Morgan fingerprint density at radius 2 is 1.90 bits per heavy atom. The standard InChI is InChI=1S/C20H29N/c1-2-16-21-19(17-10-5-3-6-11-17)20(14-9-15-20)18-12-7-4-8-13-18/h4,7-8,10,12-13,19,21H,2-3,5-6,9,11,14-16H2,1H3. The minimum Gasteiger partial charge on any atom is -0.309 e. The van der Waals surface area contributed by atoms with E-state index in [-0.39, 0.29) is 0 Å². The van der Waals surface area contributed by atoms with Gasteiger partial charge in [0.2, 0.25) is 0 Å². The van der Waals surface area contributed by atoms with Gasteiger partial charge in [0.15, 0.2) is 0 Å². The fourth-order valence-corrected chi connectivity index (χ4v) is 4.17. The highest BCUT2D eigenvalue weighted by Crippen LogP contribution is 2.49. The number of hydrogen-bond acceptors (Lipinski definition) is 1. The van der Waals surface area contributed by atoms with Crippen molar-refractivity contribution in [3.05, 3.63) is 47.5 Å². The lowest BCUT2D eigenvalue weighted by atomic mass is 9.58. The molecule has 1 atom stereocenters. The van der Waals surface area contributed by atoms with Gasteiger partial charge in [-0.25, -0.2) is 0 Å². The predicted octanol–water partition coefficient (Wildman–Crippen LogP) is 4.98. The average Bonchev–Trinajstić information content (AvgIpc) is 2.51. The maximum absolute atomic E-state index is 3.91. The molecular formula is C20H29N. The van der Waals surface area contributed by atoms with Crippen molar-refractivity contribution in [1.82, 2.24) is 5.32 Å². The van der Waals surface area contributed by atoms with E-state index in [1.165, 1.54) is 51.4 Å². The molecule has 0 saturated heterocycles. The van der Waals surface area contributed by atoms with Crippen LogP contribution in [0, 0.1) is 0 Å². The molecule has 1 fully saturated rings. The van der Waals surface area contributed by atoms with Crippen molar-refractivity contribution in [3.63, 3.8) is 0 Å². The Balaban J connectivity index is 1.91. The van der Waals surface area contributed by atoms with Gasteiger partial charge in [0, 0.05) is 11.5 Å². The average molecular weight is 283 g/mol. The van der Waals surface area contributed by atoms with Gasteiger partial charge >= 0.3 is 0 Å². The second-order valence-electron chi connectivity index (χ2n) is 6.79. The molecule has 2 aliphatic carbocycles. The van der Waals surface area contributed by atoms with E-state index in [0.717, 1.165) is 6.54 Å². The first-order valence-corrected chi connectivity index (χ1v) is 8.84. The maximum Gasteiger partial charge on any atom is 0.0377 e. The smallest absolute Gasteiger partial charge is 0.0377 e. The van der Waals surface area contributed by atoms with Crippen molar-refractivity contribution in [1.29, 1.82) is 0 Å². The van der Waals surface area contributed by atoms with Gasteiger partial charge in [0.05, 0.1) is 0 Å². The zero-order valence-electron chi connectivity index (χ0n) is 13.4. The molecule has 0 aliphatic heterocycles. The van der Waals surface area contributed by atoms with Crippen molar-refractivity contribution in [3.8, 4) is 0 Å². The van der Waals surface area contributed by atoms with Crippen LogP contribution in [-0.4, -0.2) is 12.6 Å². The van der Waals surface area contributed by atoms with E-state index < -0.39 is 0 Å². The molecule has 114 valence electrons. The summed E-state index contributed by atoms with van der Waals surface area (Å²) in [5.41, 5.74) is 3.61. The number of benzene rings is 1. The monoisotopic (exact) mass is 283 g/mol. The second-order valence-corrected chi connectivity index (χ2v) is 6.79. The number of hydrogen-bond donors (Lipinski definition) is 1. The van der Waals surface area contributed by atoms with Crippen molar-refractivity contribution in [2.24, 2.45) is 0 Å². The van der Waals surface area contributed by atoms with Crippen molar-refractivity contribution >= 4 is 0 Å². The zero-order valence-corrected chi connectivity index (χ0v) is 13.4. The molecule has 21 heavy (non-hydrogen) atoms. The van der Waals surface area contributed by atoms with E-state index in [1.807, 2.05) is 0 Å². The van der Waals surface area contributed by atoms with E-state index in [1.54, 1.807) is 11.1 Å². The summed E-state index contributed by atoms with van der Waals surface area (Å²) in [6.45, 7) is 3.41. The molecule has 2 aliphatic rings. The summed E-state index contributed by atoms with van der Waals surface area (Å²) in [5.74, 6) is 0. The van der Waals surface area contributed by atoms with Crippen LogP contribution in [0.3, 0.4) is 0 Å². The third kappa shape index (κ3) is 2.94. The molecule has 1 aromatic carbocycles. The lowest BCUT2D eigenvalue weighted by molar-refractivity contribution is 0.185. The molecule has 0 aromatic heterocycles. The largest absolute Gasteiger partial charge is 0.309 e. The summed E-state index contributed by atoms with van der Waals surface area (Å²) in [6, 6.07) is 11.8. The molecule has 1 unspecified atom stereocenters. The summed E-state index contributed by atoms with van der Waals surface area (Å²) in [4.78, 5) is 0. The molecular weight excluding hydrogens is 254 g/mol. The van der Waals surface area contributed by atoms with Crippen LogP contribution in [-0.2, 0) is 5.41 Å².